The molecule has 642 valence electrons. The third-order valence-corrected chi connectivity index (χ3v) is 26.7. The molecule has 0 aliphatic rings. The van der Waals surface area contributed by atoms with Crippen LogP contribution in [0.4, 0.5) is 0 Å². The van der Waals surface area contributed by atoms with Gasteiger partial charge in [0.05, 0.1) is 99.1 Å². The Morgan fingerprint density at radius 3 is 0.493 bits per heavy atom. The van der Waals surface area contributed by atoms with Crippen LogP contribution in [0.2, 0.25) is 0 Å². The molecule has 0 aliphatic heterocycles. The van der Waals surface area contributed by atoms with E-state index in [-0.39, 0.29) is 155 Å². The molecule has 7 heterocycles. The molecule has 28 rings (SSSR count). The quantitative estimate of drug-likeness (QED) is 0.103. The number of nitrogens with zero attached hydrogens (tertiary/aromatic N) is 9. The molecule has 0 N–H and O–H groups in total. The van der Waals surface area contributed by atoms with Crippen molar-refractivity contribution in [2.24, 2.45) is 0 Å². The molecular formula is C129H81N9. The highest BCUT2D eigenvalue weighted by molar-refractivity contribution is 6.23. The van der Waals surface area contributed by atoms with Crippen LogP contribution in [0.15, 0.2) is 491 Å². The summed E-state index contributed by atoms with van der Waals surface area (Å²) in [5.41, 5.74) is 17.3. The predicted molar refractivity (Wildman–Crippen MR) is 575 cm³/mol. The summed E-state index contributed by atoms with van der Waals surface area (Å²) in [7, 11) is 0. The average molecular weight is 1780 g/mol. The predicted octanol–water partition coefficient (Wildman–Crippen LogP) is 33.5. The van der Waals surface area contributed by atoms with Gasteiger partial charge >= 0.3 is 0 Å². The van der Waals surface area contributed by atoms with Crippen LogP contribution in [-0.2, 0) is 0 Å². The molecule has 0 fully saturated rings. The third kappa shape index (κ3) is 12.7. The fourth-order valence-corrected chi connectivity index (χ4v) is 20.4. The van der Waals surface area contributed by atoms with E-state index in [1.807, 2.05) is 250 Å². The van der Waals surface area contributed by atoms with Gasteiger partial charge in [0.25, 0.3) is 0 Å². The lowest BCUT2D eigenvalue weighted by atomic mass is 9.98. The second kappa shape index (κ2) is 31.6. The second-order valence-corrected chi connectivity index (χ2v) is 34.5. The first-order valence-electron chi connectivity index (χ1n) is 57.2. The van der Waals surface area contributed by atoms with Crippen LogP contribution in [0.3, 0.4) is 0 Å². The van der Waals surface area contributed by atoms with Crippen molar-refractivity contribution in [3.8, 4) is 135 Å². The number of para-hydroxylation sites is 6. The average Bonchev–Trinajstić information content (AvgIpc) is 1.54. The van der Waals surface area contributed by atoms with Crippen molar-refractivity contribution in [1.29, 1.82) is 0 Å². The Balaban J connectivity index is 0.656. The monoisotopic (exact) mass is 1780 g/mol. The minimum Gasteiger partial charge on any atom is -0.309 e. The van der Waals surface area contributed by atoms with Gasteiger partial charge in [-0.2, -0.15) is 0 Å². The summed E-state index contributed by atoms with van der Waals surface area (Å²) in [4.78, 5) is 16.0. The van der Waals surface area contributed by atoms with E-state index in [9.17, 15) is 32.9 Å². The Morgan fingerprint density at radius 1 is 0.130 bits per heavy atom. The van der Waals surface area contributed by atoms with E-state index in [2.05, 4.69) is 18.2 Å². The van der Waals surface area contributed by atoms with Crippen molar-refractivity contribution in [3.05, 3.63) is 491 Å². The molecule has 0 bridgehead atoms. The molecule has 7 aromatic heterocycles. The maximum atomic E-state index is 9.91. The minimum absolute atomic E-state index is 0.0954. The molecule has 138 heavy (non-hydrogen) atoms. The maximum Gasteiger partial charge on any atom is 0.164 e. The third-order valence-electron chi connectivity index (χ3n) is 26.7. The zero-order chi connectivity index (χ0) is 111. The maximum absolute atomic E-state index is 9.91. The minimum atomic E-state index is -0.519. The summed E-state index contributed by atoms with van der Waals surface area (Å²) < 4.78 is 240. The number of rotatable bonds is 15. The lowest BCUT2D eigenvalue weighted by molar-refractivity contribution is 1.07. The van der Waals surface area contributed by atoms with Gasteiger partial charge in [0.15, 0.2) is 17.5 Å². The van der Waals surface area contributed by atoms with Crippen LogP contribution in [0.1, 0.15) is 32.9 Å². The second-order valence-electron chi connectivity index (χ2n) is 34.5. The highest BCUT2D eigenvalue weighted by Gasteiger charge is 2.27. The summed E-state index contributed by atoms with van der Waals surface area (Å²) in [6.45, 7) is 0. The Bertz CT molecular complexity index is 10200. The van der Waals surface area contributed by atoms with Crippen molar-refractivity contribution in [2.45, 2.75) is 0 Å². The molecule has 0 saturated carbocycles. The van der Waals surface area contributed by atoms with Crippen LogP contribution in [0, 0.1) is 0 Å². The van der Waals surface area contributed by atoms with Gasteiger partial charge in [0.1, 0.15) is 0 Å². The highest BCUT2D eigenvalue weighted by atomic mass is 15.1. The van der Waals surface area contributed by atoms with E-state index in [4.69, 9.17) is 15.0 Å². The first-order valence-corrected chi connectivity index (χ1v) is 45.2. The Hall–Kier alpha value is -18.6. The summed E-state index contributed by atoms with van der Waals surface area (Å²) in [6, 6.07) is 98.6. The molecule has 0 amide bonds. The number of hydrogen-bond donors (Lipinski definition) is 0. The number of hydrogen-bond acceptors (Lipinski definition) is 3. The zero-order valence-corrected chi connectivity index (χ0v) is 72.9. The molecule has 9 heteroatoms. The van der Waals surface area contributed by atoms with Crippen molar-refractivity contribution >= 4 is 131 Å². The first-order chi connectivity index (χ1) is 78.4. The normalized spacial score (nSPS) is 14.3. The standard InChI is InChI=1S/C129H81N9/c1-7-31-82(32-8-1)91-67-92(83-33-9-2-10-34-83)71-100(70-91)136-118-52-28-22-46-106(118)112-76-109-103-43-19-25-49-115(103)133(121(109)79-124(112)136)97-61-55-88(56-62-97)127-130-128(89-57-63-98(64-58-89)134-116-50-26-20-44-104(116)110-77-113-107-47-23-29-53-119(107)137(125(113)80-122(110)134)101-72-93(84-35-11-3-12-36-84)68-94(73-101)85-37-13-4-14-38-85)132-129(131-127)90-59-65-99(66-60-90)135-117-51-27-21-45-105(117)111-78-114-108-48-24-30-54-120(108)138(126(114)81-123(111)135)102-74-95(86-39-15-5-16-40-86)69-96(75-102)87-41-17-6-18-42-87/h1-81H/i19D,20D,21D,22D,23D,24D,25D,26D,27D,28D,29D,30D,43D,44D,45D,46D,47D,48D,49D,50D,51D,52D,53D,54D. The molecule has 0 saturated heterocycles. The van der Waals surface area contributed by atoms with Gasteiger partial charge < -0.3 is 27.4 Å². The first kappa shape index (κ1) is 57.7. The molecule has 0 spiro atoms. The van der Waals surface area contributed by atoms with E-state index >= 15 is 0 Å². The van der Waals surface area contributed by atoms with Gasteiger partial charge in [0.2, 0.25) is 0 Å². The van der Waals surface area contributed by atoms with Gasteiger partial charge in [-0.05, 0) is 267 Å². The molecular weight excluding hydrogens is 1680 g/mol. The van der Waals surface area contributed by atoms with Crippen LogP contribution in [0.5, 0.6) is 0 Å². The summed E-state index contributed by atoms with van der Waals surface area (Å²) in [5.74, 6) is 0.311. The number of aromatic nitrogens is 9. The van der Waals surface area contributed by atoms with Gasteiger partial charge in [-0.25, -0.2) is 15.0 Å². The van der Waals surface area contributed by atoms with E-state index in [0.717, 1.165) is 66.8 Å². The molecule has 21 aromatic carbocycles. The lowest BCUT2D eigenvalue weighted by Gasteiger charge is -2.15. The Morgan fingerprint density at radius 2 is 0.304 bits per heavy atom. The highest BCUT2D eigenvalue weighted by Crippen LogP contribution is 2.48. The number of benzene rings is 21. The molecule has 0 aliphatic carbocycles. The molecule has 28 aromatic rings. The van der Waals surface area contributed by atoms with Crippen molar-refractivity contribution in [1.82, 2.24) is 42.4 Å². The molecule has 0 radical (unpaired) electrons. The van der Waals surface area contributed by atoms with E-state index < -0.39 is 72.5 Å². The Labute approximate surface area is 827 Å². The SMILES string of the molecule is [2H]c1c([2H])c([2H])c2c(c1[2H])c1cc3c4c([2H])c([2H])c([2H])c([2H])c4n(-c4cc(-c5ccccc5)cc(-c5ccccc5)c4)c3cc1n2-c1ccc(-c2nc(-c3ccc(-n4c5cc6c(cc5c5c([2H])c([2H])c([2H])c([2H])c54)c4c([2H])c([2H])c([2H])c([2H])c4n6-c4cc(-c5ccccc5)cc(-c5ccccc5)c4)cc3)nc(-c3ccc(-n4c5cc6c(cc5c5c([2H])c([2H])c([2H])c([2H])c54)c4c([2H])c([2H])c([2H])c([2H])c4n6-c4cc(-c5ccccc5)cc(-c5ccccc5)c4)cc3)n2)cc1. The number of fused-ring (bicyclic) bond motifs is 18. The van der Waals surface area contributed by atoms with Crippen LogP contribution >= 0.6 is 0 Å². The zero-order valence-electron chi connectivity index (χ0n) is 96.9. The summed E-state index contributed by atoms with van der Waals surface area (Å²) in [5, 5.41) is 3.11. The van der Waals surface area contributed by atoms with Crippen molar-refractivity contribution < 1.29 is 32.9 Å². The largest absolute Gasteiger partial charge is 0.309 e. The molecule has 0 unspecified atom stereocenters. The van der Waals surface area contributed by atoms with Crippen LogP contribution in [0.25, 0.3) is 266 Å². The lowest BCUT2D eigenvalue weighted by Crippen LogP contribution is -2.01. The van der Waals surface area contributed by atoms with Crippen molar-refractivity contribution in [3.63, 3.8) is 0 Å². The van der Waals surface area contributed by atoms with Crippen molar-refractivity contribution in [2.75, 3.05) is 0 Å². The van der Waals surface area contributed by atoms with E-state index in [1.54, 1.807) is 105 Å². The van der Waals surface area contributed by atoms with Gasteiger partial charge in [0, 0.05) is 115 Å². The molecule has 0 atom stereocenters. The fraction of sp³-hybridized carbons (Fsp3) is 0. The fourth-order valence-electron chi connectivity index (χ4n) is 20.4. The Kier molecular flexibility index (Phi) is 13.2. The molecule has 9 nitrogen and oxygen atoms in total. The van der Waals surface area contributed by atoms with Crippen LogP contribution < -0.4 is 0 Å². The van der Waals surface area contributed by atoms with Gasteiger partial charge in [-0.15, -0.1) is 0 Å². The van der Waals surface area contributed by atoms with Gasteiger partial charge in [-0.3, -0.25) is 0 Å². The summed E-state index contributed by atoms with van der Waals surface area (Å²) >= 11 is 0. The topological polar surface area (TPSA) is 68.2 Å². The van der Waals surface area contributed by atoms with E-state index in [0.29, 0.717) is 116 Å². The smallest absolute Gasteiger partial charge is 0.164 e. The van der Waals surface area contributed by atoms with Crippen LogP contribution in [-0.4, -0.2) is 42.4 Å². The van der Waals surface area contributed by atoms with Gasteiger partial charge in [-0.1, -0.05) is 291 Å². The van der Waals surface area contributed by atoms with E-state index in [1.165, 1.54) is 0 Å². The summed E-state index contributed by atoms with van der Waals surface area (Å²) in [6.07, 6.45) is 0.